The normalized spacial score (nSPS) is 18.0. The van der Waals surface area contributed by atoms with E-state index in [2.05, 4.69) is 0 Å². The van der Waals surface area contributed by atoms with Crippen molar-refractivity contribution in [2.45, 2.75) is 37.5 Å². The number of hydrogen-bond donors (Lipinski definition) is 2. The second-order valence-electron chi connectivity index (χ2n) is 4.95. The van der Waals surface area contributed by atoms with Crippen LogP contribution in [0.4, 0.5) is 0 Å². The first-order chi connectivity index (χ1) is 9.01. The molecule has 19 heavy (non-hydrogen) atoms. The molecule has 0 saturated heterocycles. The smallest absolute Gasteiger partial charge is 0.314 e. The van der Waals surface area contributed by atoms with Crippen LogP contribution in [0.2, 0.25) is 5.02 Å². The molecule has 104 valence electrons. The molecule has 0 radical (unpaired) electrons. The summed E-state index contributed by atoms with van der Waals surface area (Å²) in [6.45, 7) is 0. The minimum atomic E-state index is -1.03. The number of carboxylic acids is 1. The Morgan fingerprint density at radius 1 is 1.32 bits per heavy atom. The molecule has 1 aliphatic rings. The molecule has 4 nitrogen and oxygen atoms in total. The monoisotopic (exact) mass is 284 g/mol. The van der Waals surface area contributed by atoms with Crippen molar-refractivity contribution in [1.82, 2.24) is 0 Å². The van der Waals surface area contributed by atoms with Gasteiger partial charge >= 0.3 is 5.97 Å². The quantitative estimate of drug-likeness (QED) is 0.893. The highest BCUT2D eigenvalue weighted by molar-refractivity contribution is 6.32. The molecule has 0 atom stereocenters. The number of benzene rings is 1. The van der Waals surface area contributed by atoms with Crippen molar-refractivity contribution in [3.05, 3.63) is 22.7 Å². The molecule has 1 aromatic rings. The second-order valence-corrected chi connectivity index (χ2v) is 5.36. The molecule has 0 aromatic heterocycles. The third kappa shape index (κ3) is 2.37. The lowest BCUT2D eigenvalue weighted by Crippen LogP contribution is -2.37. The van der Waals surface area contributed by atoms with E-state index in [4.69, 9.17) is 16.3 Å². The molecular weight excluding hydrogens is 268 g/mol. The van der Waals surface area contributed by atoms with Crippen molar-refractivity contribution < 1.29 is 19.7 Å². The summed E-state index contributed by atoms with van der Waals surface area (Å²) in [5.74, 6) is -0.581. The van der Waals surface area contributed by atoms with Gasteiger partial charge in [-0.2, -0.15) is 0 Å². The standard InChI is InChI=1S/C14H17ClO4/c1-19-12-7-9(11(16)8-10(12)15)14(13(17)18)5-3-2-4-6-14/h7-8,16H,2-6H2,1H3,(H,17,18). The maximum Gasteiger partial charge on any atom is 0.314 e. The summed E-state index contributed by atoms with van der Waals surface area (Å²) in [4.78, 5) is 11.7. The van der Waals surface area contributed by atoms with Crippen LogP contribution in [-0.2, 0) is 10.2 Å². The minimum Gasteiger partial charge on any atom is -0.508 e. The summed E-state index contributed by atoms with van der Waals surface area (Å²) in [6, 6.07) is 2.91. The summed E-state index contributed by atoms with van der Waals surface area (Å²) < 4.78 is 5.12. The first-order valence-electron chi connectivity index (χ1n) is 6.31. The predicted molar refractivity (Wildman–Crippen MR) is 72.1 cm³/mol. The fourth-order valence-corrected chi connectivity index (χ4v) is 3.07. The number of hydrogen-bond acceptors (Lipinski definition) is 3. The topological polar surface area (TPSA) is 66.8 Å². The summed E-state index contributed by atoms with van der Waals surface area (Å²) in [5.41, 5.74) is -0.624. The van der Waals surface area contributed by atoms with E-state index in [0.717, 1.165) is 19.3 Å². The lowest BCUT2D eigenvalue weighted by molar-refractivity contribution is -0.145. The molecule has 1 aromatic carbocycles. The molecule has 1 saturated carbocycles. The Morgan fingerprint density at radius 2 is 1.95 bits per heavy atom. The first-order valence-corrected chi connectivity index (χ1v) is 6.69. The number of phenols is 1. The van der Waals surface area contributed by atoms with E-state index in [1.165, 1.54) is 13.2 Å². The predicted octanol–water partition coefficient (Wildman–Crippen LogP) is 3.34. The fraction of sp³-hybridized carbons (Fsp3) is 0.500. The lowest BCUT2D eigenvalue weighted by atomic mass is 9.69. The number of methoxy groups -OCH3 is 1. The Hall–Kier alpha value is -1.42. The maximum absolute atomic E-state index is 11.7. The second kappa shape index (κ2) is 5.29. The van der Waals surface area contributed by atoms with Gasteiger partial charge < -0.3 is 14.9 Å². The van der Waals surface area contributed by atoms with Gasteiger partial charge in [0.25, 0.3) is 0 Å². The van der Waals surface area contributed by atoms with Gasteiger partial charge in [0.05, 0.1) is 17.5 Å². The van der Waals surface area contributed by atoms with E-state index in [1.807, 2.05) is 0 Å². The Labute approximate surface area is 117 Å². The minimum absolute atomic E-state index is 0.0740. The molecule has 0 amide bonds. The Bertz CT molecular complexity index is 492. The number of halogens is 1. The van der Waals surface area contributed by atoms with E-state index in [0.29, 0.717) is 24.2 Å². The zero-order chi connectivity index (χ0) is 14.0. The van der Waals surface area contributed by atoms with Crippen LogP contribution in [0, 0.1) is 0 Å². The summed E-state index contributed by atoms with van der Waals surface area (Å²) in [5, 5.41) is 20.0. The number of carboxylic acid groups (broad SMARTS) is 1. The molecule has 0 bridgehead atoms. The Morgan fingerprint density at radius 3 is 2.47 bits per heavy atom. The van der Waals surface area contributed by atoms with Gasteiger partial charge in [0, 0.05) is 11.6 Å². The maximum atomic E-state index is 11.7. The summed E-state index contributed by atoms with van der Waals surface area (Å²) in [6.07, 6.45) is 3.77. The Balaban J connectivity index is 2.56. The SMILES string of the molecule is COc1cc(C2(C(=O)O)CCCCC2)c(O)cc1Cl. The van der Waals surface area contributed by atoms with E-state index in [9.17, 15) is 15.0 Å². The van der Waals surface area contributed by atoms with Crippen LogP contribution in [0.25, 0.3) is 0 Å². The highest BCUT2D eigenvalue weighted by Crippen LogP contribution is 2.46. The Kier molecular flexibility index (Phi) is 3.90. The highest BCUT2D eigenvalue weighted by atomic mass is 35.5. The molecular formula is C14H17ClO4. The number of aliphatic carboxylic acids is 1. The number of aromatic hydroxyl groups is 1. The molecule has 1 fully saturated rings. The molecule has 0 unspecified atom stereocenters. The summed E-state index contributed by atoms with van der Waals surface area (Å²) >= 11 is 5.93. The van der Waals surface area contributed by atoms with Gasteiger partial charge in [0.1, 0.15) is 11.5 Å². The van der Waals surface area contributed by atoms with Gasteiger partial charge in [0.2, 0.25) is 0 Å². The van der Waals surface area contributed by atoms with Gasteiger partial charge in [-0.25, -0.2) is 0 Å². The number of ether oxygens (including phenoxy) is 1. The molecule has 1 aliphatic carbocycles. The zero-order valence-electron chi connectivity index (χ0n) is 10.8. The molecule has 0 spiro atoms. The third-order valence-electron chi connectivity index (χ3n) is 3.90. The van der Waals surface area contributed by atoms with E-state index in [1.54, 1.807) is 6.07 Å². The molecule has 2 N–H and O–H groups in total. The van der Waals surface area contributed by atoms with Crippen LogP contribution in [0.1, 0.15) is 37.7 Å². The van der Waals surface area contributed by atoms with Crippen LogP contribution >= 0.6 is 11.6 Å². The molecule has 5 heteroatoms. The third-order valence-corrected chi connectivity index (χ3v) is 4.20. The average Bonchev–Trinajstić information content (AvgIpc) is 2.39. The first kappa shape index (κ1) is 14.0. The van der Waals surface area contributed by atoms with Crippen molar-refractivity contribution in [3.8, 4) is 11.5 Å². The molecule has 2 rings (SSSR count). The zero-order valence-corrected chi connectivity index (χ0v) is 11.5. The molecule has 0 heterocycles. The van der Waals surface area contributed by atoms with Crippen molar-refractivity contribution in [1.29, 1.82) is 0 Å². The van der Waals surface area contributed by atoms with Gasteiger partial charge in [-0.3, -0.25) is 4.79 Å². The van der Waals surface area contributed by atoms with Gasteiger partial charge in [-0.1, -0.05) is 30.9 Å². The van der Waals surface area contributed by atoms with Crippen molar-refractivity contribution in [2.24, 2.45) is 0 Å². The lowest BCUT2D eigenvalue weighted by Gasteiger charge is -2.34. The van der Waals surface area contributed by atoms with Crippen LogP contribution in [0.15, 0.2) is 12.1 Å². The largest absolute Gasteiger partial charge is 0.508 e. The van der Waals surface area contributed by atoms with Gasteiger partial charge in [-0.15, -0.1) is 0 Å². The number of carbonyl (C=O) groups is 1. The summed E-state index contributed by atoms with van der Waals surface area (Å²) in [7, 11) is 1.47. The van der Waals surface area contributed by atoms with Crippen LogP contribution in [0.3, 0.4) is 0 Å². The van der Waals surface area contributed by atoms with Crippen LogP contribution in [0.5, 0.6) is 11.5 Å². The van der Waals surface area contributed by atoms with Crippen molar-refractivity contribution >= 4 is 17.6 Å². The van der Waals surface area contributed by atoms with Crippen molar-refractivity contribution in [2.75, 3.05) is 7.11 Å². The van der Waals surface area contributed by atoms with Crippen molar-refractivity contribution in [3.63, 3.8) is 0 Å². The van der Waals surface area contributed by atoms with Crippen LogP contribution in [-0.4, -0.2) is 23.3 Å². The van der Waals surface area contributed by atoms with Crippen LogP contribution < -0.4 is 4.74 Å². The van der Waals surface area contributed by atoms with E-state index < -0.39 is 11.4 Å². The number of phenolic OH excluding ortho intramolecular Hbond substituents is 1. The fourth-order valence-electron chi connectivity index (χ4n) is 2.84. The average molecular weight is 285 g/mol. The highest BCUT2D eigenvalue weighted by Gasteiger charge is 2.43. The van der Waals surface area contributed by atoms with Gasteiger partial charge in [0.15, 0.2) is 0 Å². The van der Waals surface area contributed by atoms with Gasteiger partial charge in [-0.05, 0) is 18.9 Å². The van der Waals surface area contributed by atoms with E-state index in [-0.39, 0.29) is 10.8 Å². The molecule has 0 aliphatic heterocycles. The van der Waals surface area contributed by atoms with E-state index >= 15 is 0 Å². The number of rotatable bonds is 3.